The number of rotatable bonds is 4. The van der Waals surface area contributed by atoms with Crippen LogP contribution in [-0.2, 0) is 11.3 Å². The molecular weight excluding hydrogens is 292 g/mol. The Labute approximate surface area is 135 Å². The lowest BCUT2D eigenvalue weighted by Gasteiger charge is -2.34. The van der Waals surface area contributed by atoms with E-state index in [1.165, 1.54) is 5.56 Å². The van der Waals surface area contributed by atoms with Gasteiger partial charge in [0, 0.05) is 43.7 Å². The molecule has 1 aromatic carbocycles. The fraction of sp³-hybridized carbons (Fsp3) is 0.278. The van der Waals surface area contributed by atoms with Gasteiger partial charge in [-0.3, -0.25) is 9.69 Å². The number of nitrogens with zero attached hydrogens (tertiary/aromatic N) is 2. The molecule has 1 fully saturated rings. The van der Waals surface area contributed by atoms with Crippen LogP contribution in [0.15, 0.2) is 53.9 Å². The molecule has 0 saturated carbocycles. The van der Waals surface area contributed by atoms with Crippen molar-refractivity contribution in [3.8, 4) is 0 Å². The first-order valence-electron chi connectivity index (χ1n) is 7.58. The zero-order valence-electron chi connectivity index (χ0n) is 12.5. The van der Waals surface area contributed by atoms with E-state index in [-0.39, 0.29) is 5.91 Å². The Morgan fingerprint density at radius 1 is 1.05 bits per heavy atom. The van der Waals surface area contributed by atoms with Crippen molar-refractivity contribution >= 4 is 23.3 Å². The lowest BCUT2D eigenvalue weighted by Crippen LogP contribution is -2.47. The number of thiophene rings is 1. The molecule has 3 nitrogen and oxygen atoms in total. The smallest absolute Gasteiger partial charge is 0.246 e. The highest BCUT2D eigenvalue weighted by molar-refractivity contribution is 7.10. The summed E-state index contributed by atoms with van der Waals surface area (Å²) in [6, 6.07) is 14.5. The van der Waals surface area contributed by atoms with Gasteiger partial charge in [0.25, 0.3) is 0 Å². The predicted molar refractivity (Wildman–Crippen MR) is 91.7 cm³/mol. The third kappa shape index (κ3) is 4.06. The predicted octanol–water partition coefficient (Wildman–Crippen LogP) is 3.11. The van der Waals surface area contributed by atoms with E-state index in [1.807, 2.05) is 34.6 Å². The number of hydrogen-bond acceptors (Lipinski definition) is 3. The molecule has 0 radical (unpaired) electrons. The van der Waals surface area contributed by atoms with Gasteiger partial charge < -0.3 is 4.90 Å². The molecule has 1 aliphatic rings. The minimum absolute atomic E-state index is 0.118. The Hall–Kier alpha value is -1.91. The standard InChI is InChI=1S/C18H20N2OS/c21-18(9-8-17-7-4-14-22-17)20-12-10-19(11-13-20)15-16-5-2-1-3-6-16/h1-9,14H,10-13,15H2. The van der Waals surface area contributed by atoms with Crippen LogP contribution in [0.2, 0.25) is 0 Å². The van der Waals surface area contributed by atoms with E-state index in [4.69, 9.17) is 0 Å². The summed E-state index contributed by atoms with van der Waals surface area (Å²) in [6.07, 6.45) is 3.60. The summed E-state index contributed by atoms with van der Waals surface area (Å²) in [4.78, 5) is 17.6. The molecule has 2 heterocycles. The van der Waals surface area contributed by atoms with Gasteiger partial charge in [-0.1, -0.05) is 36.4 Å². The van der Waals surface area contributed by atoms with E-state index in [1.54, 1.807) is 17.4 Å². The Morgan fingerprint density at radius 2 is 1.82 bits per heavy atom. The van der Waals surface area contributed by atoms with Crippen molar-refractivity contribution in [2.24, 2.45) is 0 Å². The van der Waals surface area contributed by atoms with Crippen molar-refractivity contribution in [2.75, 3.05) is 26.2 Å². The van der Waals surface area contributed by atoms with Crippen LogP contribution in [0.5, 0.6) is 0 Å². The number of carbonyl (C=O) groups is 1. The summed E-state index contributed by atoms with van der Waals surface area (Å²) in [6.45, 7) is 4.45. The molecule has 22 heavy (non-hydrogen) atoms. The molecule has 0 bridgehead atoms. The highest BCUT2D eigenvalue weighted by atomic mass is 32.1. The third-order valence-electron chi connectivity index (χ3n) is 3.87. The van der Waals surface area contributed by atoms with Crippen LogP contribution in [0.3, 0.4) is 0 Å². The summed E-state index contributed by atoms with van der Waals surface area (Å²) in [7, 11) is 0. The molecule has 1 amide bonds. The van der Waals surface area contributed by atoms with Crippen LogP contribution in [0.25, 0.3) is 6.08 Å². The average Bonchev–Trinajstić information content (AvgIpc) is 3.08. The normalized spacial score (nSPS) is 16.3. The monoisotopic (exact) mass is 312 g/mol. The first kappa shape index (κ1) is 15.0. The Bertz CT molecular complexity index is 614. The molecule has 114 valence electrons. The van der Waals surface area contributed by atoms with Gasteiger partial charge >= 0.3 is 0 Å². The van der Waals surface area contributed by atoms with Gasteiger partial charge in [-0.15, -0.1) is 11.3 Å². The average molecular weight is 312 g/mol. The van der Waals surface area contributed by atoms with E-state index in [2.05, 4.69) is 29.2 Å². The van der Waals surface area contributed by atoms with E-state index in [9.17, 15) is 4.79 Å². The molecule has 4 heteroatoms. The zero-order valence-corrected chi connectivity index (χ0v) is 13.3. The van der Waals surface area contributed by atoms with Gasteiger partial charge in [0.15, 0.2) is 0 Å². The quantitative estimate of drug-likeness (QED) is 0.810. The minimum Gasteiger partial charge on any atom is -0.337 e. The molecule has 0 unspecified atom stereocenters. The third-order valence-corrected chi connectivity index (χ3v) is 4.70. The number of carbonyl (C=O) groups excluding carboxylic acids is 1. The number of piperazine rings is 1. The first-order chi connectivity index (χ1) is 10.8. The minimum atomic E-state index is 0.118. The van der Waals surface area contributed by atoms with Crippen molar-refractivity contribution in [1.29, 1.82) is 0 Å². The fourth-order valence-corrected chi connectivity index (χ4v) is 3.23. The van der Waals surface area contributed by atoms with Crippen molar-refractivity contribution in [3.05, 3.63) is 64.4 Å². The summed E-state index contributed by atoms with van der Waals surface area (Å²) in [5.74, 6) is 0.118. The first-order valence-corrected chi connectivity index (χ1v) is 8.46. The van der Waals surface area contributed by atoms with Gasteiger partial charge in [-0.05, 0) is 23.1 Å². The van der Waals surface area contributed by atoms with Gasteiger partial charge in [-0.25, -0.2) is 0 Å². The van der Waals surface area contributed by atoms with Gasteiger partial charge in [0.2, 0.25) is 5.91 Å². The molecule has 0 aliphatic carbocycles. The van der Waals surface area contributed by atoms with E-state index in [0.717, 1.165) is 37.6 Å². The van der Waals surface area contributed by atoms with Gasteiger partial charge in [-0.2, -0.15) is 0 Å². The van der Waals surface area contributed by atoms with E-state index >= 15 is 0 Å². The molecule has 1 aromatic heterocycles. The summed E-state index contributed by atoms with van der Waals surface area (Å²) >= 11 is 1.65. The fourth-order valence-electron chi connectivity index (χ4n) is 2.61. The Morgan fingerprint density at radius 3 is 2.50 bits per heavy atom. The number of benzene rings is 1. The van der Waals surface area contributed by atoms with Crippen LogP contribution >= 0.6 is 11.3 Å². The molecule has 3 rings (SSSR count). The molecule has 1 saturated heterocycles. The second-order valence-electron chi connectivity index (χ2n) is 5.44. The van der Waals surface area contributed by atoms with Crippen molar-refractivity contribution < 1.29 is 4.79 Å². The molecule has 0 N–H and O–H groups in total. The van der Waals surface area contributed by atoms with Crippen LogP contribution in [-0.4, -0.2) is 41.9 Å². The van der Waals surface area contributed by atoms with Crippen LogP contribution < -0.4 is 0 Å². The second kappa shape index (κ2) is 7.38. The summed E-state index contributed by atoms with van der Waals surface area (Å²) in [5.41, 5.74) is 1.33. The highest BCUT2D eigenvalue weighted by Crippen LogP contribution is 2.12. The summed E-state index contributed by atoms with van der Waals surface area (Å²) < 4.78 is 0. The van der Waals surface area contributed by atoms with E-state index in [0.29, 0.717) is 0 Å². The lowest BCUT2D eigenvalue weighted by atomic mass is 10.2. The van der Waals surface area contributed by atoms with Crippen LogP contribution in [0.4, 0.5) is 0 Å². The molecule has 2 aromatic rings. The maximum absolute atomic E-state index is 12.2. The number of amides is 1. The maximum atomic E-state index is 12.2. The van der Waals surface area contributed by atoms with E-state index < -0.39 is 0 Å². The topological polar surface area (TPSA) is 23.6 Å². The van der Waals surface area contributed by atoms with Crippen LogP contribution in [0.1, 0.15) is 10.4 Å². The zero-order chi connectivity index (χ0) is 15.2. The highest BCUT2D eigenvalue weighted by Gasteiger charge is 2.19. The van der Waals surface area contributed by atoms with Crippen molar-refractivity contribution in [3.63, 3.8) is 0 Å². The SMILES string of the molecule is O=C(C=Cc1cccs1)N1CCN(Cc2ccccc2)CC1. The molecular formula is C18H20N2OS. The Kier molecular flexibility index (Phi) is 5.03. The van der Waals surface area contributed by atoms with Crippen LogP contribution in [0, 0.1) is 0 Å². The second-order valence-corrected chi connectivity index (χ2v) is 6.42. The van der Waals surface area contributed by atoms with Crippen molar-refractivity contribution in [1.82, 2.24) is 9.80 Å². The summed E-state index contributed by atoms with van der Waals surface area (Å²) in [5, 5.41) is 2.02. The Balaban J connectivity index is 1.48. The molecule has 0 spiro atoms. The molecule has 0 atom stereocenters. The van der Waals surface area contributed by atoms with Gasteiger partial charge in [0.1, 0.15) is 0 Å². The number of hydrogen-bond donors (Lipinski definition) is 0. The molecule has 1 aliphatic heterocycles. The lowest BCUT2D eigenvalue weighted by molar-refractivity contribution is -0.127. The largest absolute Gasteiger partial charge is 0.337 e. The van der Waals surface area contributed by atoms with Crippen molar-refractivity contribution in [2.45, 2.75) is 6.54 Å². The maximum Gasteiger partial charge on any atom is 0.246 e. The van der Waals surface area contributed by atoms with Gasteiger partial charge in [0.05, 0.1) is 0 Å².